The summed E-state index contributed by atoms with van der Waals surface area (Å²) in [5, 5.41) is 9.18. The van der Waals surface area contributed by atoms with Gasteiger partial charge in [0, 0.05) is 25.2 Å². The molecule has 7 nitrogen and oxygen atoms in total. The average Bonchev–Trinajstić information content (AvgIpc) is 3.13. The van der Waals surface area contributed by atoms with E-state index in [-0.39, 0.29) is 23.8 Å². The summed E-state index contributed by atoms with van der Waals surface area (Å²) in [6, 6.07) is 7.62. The maximum atomic E-state index is 12.8. The number of H-pyrrole nitrogens is 1. The Balaban J connectivity index is 1.70. The Kier molecular flexibility index (Phi) is 5.69. The van der Waals surface area contributed by atoms with Crippen molar-refractivity contribution in [1.29, 1.82) is 5.26 Å². The fourth-order valence-corrected chi connectivity index (χ4v) is 3.45. The number of carbonyl (C=O) groups is 1. The fourth-order valence-electron chi connectivity index (χ4n) is 3.45. The lowest BCUT2D eigenvalue weighted by atomic mass is 9.99. The molecule has 1 aliphatic rings. The number of nitriles is 1. The van der Waals surface area contributed by atoms with Gasteiger partial charge in [-0.2, -0.15) is 5.26 Å². The van der Waals surface area contributed by atoms with Gasteiger partial charge in [0.15, 0.2) is 11.5 Å². The molecule has 1 aromatic heterocycles. The smallest absolute Gasteiger partial charge is 0.266 e. The molecule has 1 aliphatic heterocycles. The zero-order valence-electron chi connectivity index (χ0n) is 16.3. The van der Waals surface area contributed by atoms with Gasteiger partial charge in [-0.15, -0.1) is 0 Å². The van der Waals surface area contributed by atoms with E-state index in [0.717, 1.165) is 16.9 Å². The number of ether oxygens (including phenoxy) is 2. The Hall–Kier alpha value is -3.27. The summed E-state index contributed by atoms with van der Waals surface area (Å²) >= 11 is 0. The van der Waals surface area contributed by atoms with Gasteiger partial charge in [-0.1, -0.05) is 6.07 Å². The molecule has 0 spiro atoms. The summed E-state index contributed by atoms with van der Waals surface area (Å²) in [6.45, 7) is 6.77. The minimum atomic E-state index is -0.384. The molecule has 0 saturated carbocycles. The van der Waals surface area contributed by atoms with Gasteiger partial charge in [-0.05, 0) is 56.0 Å². The first-order valence-corrected chi connectivity index (χ1v) is 9.23. The summed E-state index contributed by atoms with van der Waals surface area (Å²) < 4.78 is 10.7. The molecule has 0 aliphatic carbocycles. The van der Waals surface area contributed by atoms with E-state index in [1.165, 1.54) is 0 Å². The Morgan fingerprint density at radius 1 is 1.29 bits per heavy atom. The minimum Gasteiger partial charge on any atom is -0.454 e. The lowest BCUT2D eigenvalue weighted by Crippen LogP contribution is -2.30. The largest absolute Gasteiger partial charge is 0.454 e. The van der Waals surface area contributed by atoms with Crippen molar-refractivity contribution in [3.63, 3.8) is 0 Å². The van der Waals surface area contributed by atoms with Gasteiger partial charge in [0.05, 0.1) is 0 Å². The Morgan fingerprint density at radius 3 is 2.75 bits per heavy atom. The molecule has 28 heavy (non-hydrogen) atoms. The molecular weight excluding hydrogens is 358 g/mol. The second kappa shape index (κ2) is 8.17. The molecule has 1 aromatic carbocycles. The van der Waals surface area contributed by atoms with Crippen LogP contribution in [0.25, 0.3) is 0 Å². The van der Waals surface area contributed by atoms with Gasteiger partial charge in [0.1, 0.15) is 11.6 Å². The van der Waals surface area contributed by atoms with E-state index < -0.39 is 0 Å². The predicted octanol–water partition coefficient (Wildman–Crippen LogP) is 2.57. The number of fused-ring (bicyclic) bond motifs is 1. The van der Waals surface area contributed by atoms with Crippen LogP contribution in [0.3, 0.4) is 0 Å². The first-order chi connectivity index (χ1) is 13.4. The molecular formula is C21H23N3O4. The van der Waals surface area contributed by atoms with Crippen LogP contribution in [0.2, 0.25) is 0 Å². The highest BCUT2D eigenvalue weighted by atomic mass is 16.7. The van der Waals surface area contributed by atoms with Crippen LogP contribution in [0.5, 0.6) is 11.5 Å². The van der Waals surface area contributed by atoms with Crippen molar-refractivity contribution < 1.29 is 14.3 Å². The van der Waals surface area contributed by atoms with Gasteiger partial charge in [-0.25, -0.2) is 0 Å². The van der Waals surface area contributed by atoms with Gasteiger partial charge in [-0.3, -0.25) is 9.59 Å². The molecule has 0 bridgehead atoms. The molecule has 3 rings (SSSR count). The molecule has 0 atom stereocenters. The quantitative estimate of drug-likeness (QED) is 0.830. The third kappa shape index (κ3) is 3.86. The average molecular weight is 381 g/mol. The molecule has 2 aromatic rings. The van der Waals surface area contributed by atoms with Gasteiger partial charge < -0.3 is 19.4 Å². The number of nitrogens with zero attached hydrogens (tertiary/aromatic N) is 2. The monoisotopic (exact) mass is 381 g/mol. The summed E-state index contributed by atoms with van der Waals surface area (Å²) in [5.74, 6) is 1.43. The van der Waals surface area contributed by atoms with E-state index in [9.17, 15) is 14.9 Å². The molecule has 2 heterocycles. The number of pyridine rings is 1. The second-order valence-electron chi connectivity index (χ2n) is 6.77. The van der Waals surface area contributed by atoms with E-state index in [4.69, 9.17) is 9.47 Å². The van der Waals surface area contributed by atoms with E-state index in [1.807, 2.05) is 31.2 Å². The van der Waals surface area contributed by atoms with E-state index in [2.05, 4.69) is 4.98 Å². The maximum Gasteiger partial charge on any atom is 0.266 e. The van der Waals surface area contributed by atoms with Crippen molar-refractivity contribution in [2.24, 2.45) is 0 Å². The van der Waals surface area contributed by atoms with Crippen LogP contribution in [-0.4, -0.2) is 29.1 Å². The van der Waals surface area contributed by atoms with Crippen molar-refractivity contribution in [2.45, 2.75) is 40.2 Å². The molecule has 1 N–H and O–H groups in total. The Morgan fingerprint density at radius 2 is 2.04 bits per heavy atom. The standard InChI is InChI=1S/C21H23N3O4/c1-4-24(11-15-5-7-18-19(9-15)28-12-27-18)20(25)8-6-16-13(2)17(10-22)21(26)23-14(16)3/h5,7,9H,4,6,8,11-12H2,1-3H3,(H,23,26). The molecule has 7 heteroatoms. The van der Waals surface area contributed by atoms with Gasteiger partial charge >= 0.3 is 0 Å². The zero-order valence-corrected chi connectivity index (χ0v) is 16.3. The number of rotatable bonds is 6. The number of aromatic nitrogens is 1. The Labute approximate surface area is 163 Å². The van der Waals surface area contributed by atoms with Crippen molar-refractivity contribution in [3.8, 4) is 17.6 Å². The van der Waals surface area contributed by atoms with E-state index in [0.29, 0.717) is 42.9 Å². The lowest BCUT2D eigenvalue weighted by Gasteiger charge is -2.22. The van der Waals surface area contributed by atoms with Crippen molar-refractivity contribution in [2.75, 3.05) is 13.3 Å². The molecule has 0 saturated heterocycles. The van der Waals surface area contributed by atoms with E-state index >= 15 is 0 Å². The molecule has 0 fully saturated rings. The number of hydrogen-bond donors (Lipinski definition) is 1. The second-order valence-corrected chi connectivity index (χ2v) is 6.77. The highest BCUT2D eigenvalue weighted by Gasteiger charge is 2.18. The zero-order chi connectivity index (χ0) is 20.3. The number of amides is 1. The third-order valence-corrected chi connectivity index (χ3v) is 5.05. The Bertz CT molecular complexity index is 1000. The lowest BCUT2D eigenvalue weighted by molar-refractivity contribution is -0.131. The predicted molar refractivity (Wildman–Crippen MR) is 103 cm³/mol. The van der Waals surface area contributed by atoms with Crippen LogP contribution in [0.1, 0.15) is 41.3 Å². The summed E-state index contributed by atoms with van der Waals surface area (Å²) in [6.07, 6.45) is 0.774. The van der Waals surface area contributed by atoms with Gasteiger partial charge in [0.25, 0.3) is 5.56 Å². The number of benzene rings is 1. The van der Waals surface area contributed by atoms with Crippen LogP contribution in [0.4, 0.5) is 0 Å². The SMILES string of the molecule is CCN(Cc1ccc2c(c1)OCO2)C(=O)CCc1c(C)[nH]c(=O)c(C#N)c1C. The molecule has 1 amide bonds. The maximum absolute atomic E-state index is 12.8. The van der Waals surface area contributed by atoms with Crippen LogP contribution < -0.4 is 15.0 Å². The number of aromatic amines is 1. The number of aryl methyl sites for hydroxylation is 1. The number of nitrogens with one attached hydrogen (secondary N) is 1. The number of hydrogen-bond acceptors (Lipinski definition) is 5. The minimum absolute atomic E-state index is 0.0173. The first kappa shape index (κ1) is 19.5. The topological polar surface area (TPSA) is 95.4 Å². The molecule has 0 unspecified atom stereocenters. The highest BCUT2D eigenvalue weighted by Crippen LogP contribution is 2.32. The van der Waals surface area contributed by atoms with E-state index in [1.54, 1.807) is 18.7 Å². The van der Waals surface area contributed by atoms with Crippen LogP contribution in [0.15, 0.2) is 23.0 Å². The van der Waals surface area contributed by atoms with Crippen molar-refractivity contribution in [3.05, 3.63) is 56.5 Å². The number of carbonyl (C=O) groups excluding carboxylic acids is 1. The summed E-state index contributed by atoms with van der Waals surface area (Å²) in [4.78, 5) is 29.1. The van der Waals surface area contributed by atoms with Crippen molar-refractivity contribution in [1.82, 2.24) is 9.88 Å². The van der Waals surface area contributed by atoms with Crippen LogP contribution in [-0.2, 0) is 17.8 Å². The molecule has 146 valence electrons. The van der Waals surface area contributed by atoms with Crippen LogP contribution >= 0.6 is 0 Å². The van der Waals surface area contributed by atoms with Crippen LogP contribution in [0, 0.1) is 25.2 Å². The van der Waals surface area contributed by atoms with Gasteiger partial charge in [0.2, 0.25) is 12.7 Å². The highest BCUT2D eigenvalue weighted by molar-refractivity contribution is 5.76. The van der Waals surface area contributed by atoms with Crippen molar-refractivity contribution >= 4 is 5.91 Å². The normalized spacial score (nSPS) is 11.9. The first-order valence-electron chi connectivity index (χ1n) is 9.23. The summed E-state index contributed by atoms with van der Waals surface area (Å²) in [5.41, 5.74) is 2.90. The molecule has 0 radical (unpaired) electrons. The summed E-state index contributed by atoms with van der Waals surface area (Å²) in [7, 11) is 0. The third-order valence-electron chi connectivity index (χ3n) is 5.05. The fraction of sp³-hybridized carbons (Fsp3) is 0.381.